The minimum absolute atomic E-state index is 0.664. The number of azide groups is 1. The van der Waals surface area contributed by atoms with Crippen LogP contribution in [0.3, 0.4) is 0 Å². The maximum absolute atomic E-state index is 8.36. The molecule has 0 saturated carbocycles. The third-order valence-electron chi connectivity index (χ3n) is 2.69. The summed E-state index contributed by atoms with van der Waals surface area (Å²) in [6, 6.07) is 5.76. The number of hydrogen-bond donors (Lipinski definition) is 0. The first-order chi connectivity index (χ1) is 7.81. The van der Waals surface area contributed by atoms with Crippen molar-refractivity contribution in [2.24, 2.45) is 5.11 Å². The van der Waals surface area contributed by atoms with Gasteiger partial charge in [-0.1, -0.05) is 11.2 Å². The van der Waals surface area contributed by atoms with Gasteiger partial charge in [0.2, 0.25) is 0 Å². The molecular formula is C11H14N4O. The van der Waals surface area contributed by atoms with Crippen LogP contribution >= 0.6 is 0 Å². The molecule has 0 atom stereocenters. The van der Waals surface area contributed by atoms with E-state index in [9.17, 15) is 0 Å². The van der Waals surface area contributed by atoms with E-state index in [1.165, 1.54) is 5.69 Å². The second-order valence-corrected chi connectivity index (χ2v) is 3.76. The molecule has 5 heteroatoms. The van der Waals surface area contributed by atoms with Gasteiger partial charge in [-0.15, -0.1) is 0 Å². The summed E-state index contributed by atoms with van der Waals surface area (Å²) in [6.07, 6.45) is 0. The van der Waals surface area contributed by atoms with Crippen molar-refractivity contribution in [3.63, 3.8) is 0 Å². The molecular weight excluding hydrogens is 204 g/mol. The Kier molecular flexibility index (Phi) is 3.29. The van der Waals surface area contributed by atoms with Crippen molar-refractivity contribution in [1.82, 2.24) is 0 Å². The topological polar surface area (TPSA) is 61.2 Å². The maximum atomic E-state index is 8.36. The molecule has 1 aromatic carbocycles. The molecule has 0 amide bonds. The fraction of sp³-hybridized carbons (Fsp3) is 0.455. The molecule has 84 valence electrons. The van der Waals surface area contributed by atoms with Crippen molar-refractivity contribution >= 4 is 11.4 Å². The average molecular weight is 218 g/mol. The Morgan fingerprint density at radius 2 is 2.12 bits per heavy atom. The summed E-state index contributed by atoms with van der Waals surface area (Å²) in [7, 11) is 0. The molecule has 1 saturated heterocycles. The zero-order chi connectivity index (χ0) is 11.4. The predicted molar refractivity (Wildman–Crippen MR) is 63.0 cm³/mol. The van der Waals surface area contributed by atoms with Gasteiger partial charge < -0.3 is 9.64 Å². The monoisotopic (exact) mass is 218 g/mol. The van der Waals surface area contributed by atoms with Crippen molar-refractivity contribution < 1.29 is 4.74 Å². The van der Waals surface area contributed by atoms with Crippen molar-refractivity contribution in [2.45, 2.75) is 6.92 Å². The third-order valence-corrected chi connectivity index (χ3v) is 2.69. The largest absolute Gasteiger partial charge is 0.378 e. The van der Waals surface area contributed by atoms with Gasteiger partial charge in [0.05, 0.1) is 13.2 Å². The molecule has 0 N–H and O–H groups in total. The van der Waals surface area contributed by atoms with E-state index in [0.717, 1.165) is 31.9 Å². The highest BCUT2D eigenvalue weighted by atomic mass is 16.5. The Bertz CT molecular complexity index is 420. The molecule has 1 fully saturated rings. The standard InChI is InChI=1S/C11H14N4O/c1-9-8-10(13-14-12)2-3-11(9)15-4-6-16-7-5-15/h2-3,8H,4-7H2,1H3. The van der Waals surface area contributed by atoms with Gasteiger partial charge in [0.25, 0.3) is 0 Å². The molecule has 2 rings (SSSR count). The summed E-state index contributed by atoms with van der Waals surface area (Å²) in [5.41, 5.74) is 11.3. The molecule has 1 aliphatic rings. The van der Waals surface area contributed by atoms with Crippen LogP contribution in [0.15, 0.2) is 23.3 Å². The SMILES string of the molecule is Cc1cc(N=[N+]=[N-])ccc1N1CCOCC1. The number of aryl methyl sites for hydroxylation is 1. The Morgan fingerprint density at radius 3 is 2.75 bits per heavy atom. The van der Waals surface area contributed by atoms with Crippen LogP contribution in [-0.4, -0.2) is 26.3 Å². The van der Waals surface area contributed by atoms with Crippen molar-refractivity contribution in [1.29, 1.82) is 0 Å². The van der Waals surface area contributed by atoms with Crippen LogP contribution in [0.4, 0.5) is 11.4 Å². The molecule has 1 heterocycles. The van der Waals surface area contributed by atoms with E-state index in [1.807, 2.05) is 25.1 Å². The number of nitrogens with zero attached hydrogens (tertiary/aromatic N) is 4. The van der Waals surface area contributed by atoms with E-state index >= 15 is 0 Å². The Labute approximate surface area is 94.3 Å². The van der Waals surface area contributed by atoms with Crippen LogP contribution in [0, 0.1) is 6.92 Å². The summed E-state index contributed by atoms with van der Waals surface area (Å²) in [6.45, 7) is 5.42. The van der Waals surface area contributed by atoms with Gasteiger partial charge in [0.15, 0.2) is 0 Å². The lowest BCUT2D eigenvalue weighted by Gasteiger charge is -2.30. The lowest BCUT2D eigenvalue weighted by atomic mass is 10.1. The predicted octanol–water partition coefficient (Wildman–Crippen LogP) is 2.77. The molecule has 1 aliphatic heterocycles. The number of benzene rings is 1. The zero-order valence-corrected chi connectivity index (χ0v) is 9.26. The van der Waals surface area contributed by atoms with Gasteiger partial charge in [0.1, 0.15) is 0 Å². The molecule has 0 unspecified atom stereocenters. The number of rotatable bonds is 2. The van der Waals surface area contributed by atoms with Gasteiger partial charge in [0, 0.05) is 29.4 Å². The van der Waals surface area contributed by atoms with E-state index < -0.39 is 0 Å². The van der Waals surface area contributed by atoms with E-state index in [4.69, 9.17) is 10.3 Å². The van der Waals surface area contributed by atoms with Crippen LogP contribution < -0.4 is 4.90 Å². The smallest absolute Gasteiger partial charge is 0.0642 e. The first-order valence-electron chi connectivity index (χ1n) is 5.30. The van der Waals surface area contributed by atoms with E-state index in [-0.39, 0.29) is 0 Å². The molecule has 5 nitrogen and oxygen atoms in total. The number of ether oxygens (including phenoxy) is 1. The highest BCUT2D eigenvalue weighted by molar-refractivity contribution is 5.59. The summed E-state index contributed by atoms with van der Waals surface area (Å²) in [4.78, 5) is 5.07. The highest BCUT2D eigenvalue weighted by Gasteiger charge is 2.12. The second kappa shape index (κ2) is 4.88. The van der Waals surface area contributed by atoms with Crippen molar-refractivity contribution in [3.8, 4) is 0 Å². The van der Waals surface area contributed by atoms with Gasteiger partial charge in [-0.05, 0) is 30.2 Å². The van der Waals surface area contributed by atoms with Gasteiger partial charge in [-0.25, -0.2) is 0 Å². The fourth-order valence-electron chi connectivity index (χ4n) is 1.91. The molecule has 0 aliphatic carbocycles. The van der Waals surface area contributed by atoms with E-state index in [1.54, 1.807) is 0 Å². The molecule has 0 spiro atoms. The first kappa shape index (κ1) is 10.8. The zero-order valence-electron chi connectivity index (χ0n) is 9.26. The average Bonchev–Trinajstić information content (AvgIpc) is 2.31. The van der Waals surface area contributed by atoms with Gasteiger partial charge >= 0.3 is 0 Å². The Hall–Kier alpha value is -1.71. The van der Waals surface area contributed by atoms with Crippen molar-refractivity contribution in [2.75, 3.05) is 31.2 Å². The van der Waals surface area contributed by atoms with Crippen LogP contribution in [0.5, 0.6) is 0 Å². The molecule has 0 aromatic heterocycles. The van der Waals surface area contributed by atoms with Gasteiger partial charge in [-0.3, -0.25) is 0 Å². The highest BCUT2D eigenvalue weighted by Crippen LogP contribution is 2.25. The number of morpholine rings is 1. The quantitative estimate of drug-likeness (QED) is 0.435. The van der Waals surface area contributed by atoms with Crippen molar-refractivity contribution in [3.05, 3.63) is 34.2 Å². The summed E-state index contributed by atoms with van der Waals surface area (Å²) in [5, 5.41) is 3.59. The lowest BCUT2D eigenvalue weighted by Crippen LogP contribution is -2.36. The molecule has 0 radical (unpaired) electrons. The summed E-state index contributed by atoms with van der Waals surface area (Å²) >= 11 is 0. The van der Waals surface area contributed by atoms with Crippen LogP contribution in [0.25, 0.3) is 10.4 Å². The molecule has 16 heavy (non-hydrogen) atoms. The summed E-state index contributed by atoms with van der Waals surface area (Å²) < 4.78 is 5.32. The number of hydrogen-bond acceptors (Lipinski definition) is 3. The van der Waals surface area contributed by atoms with Crippen LogP contribution in [-0.2, 0) is 4.74 Å². The molecule has 1 aromatic rings. The van der Waals surface area contributed by atoms with Crippen LogP contribution in [0.2, 0.25) is 0 Å². The molecule has 0 bridgehead atoms. The normalized spacial score (nSPS) is 15.7. The van der Waals surface area contributed by atoms with Crippen LogP contribution in [0.1, 0.15) is 5.56 Å². The second-order valence-electron chi connectivity index (χ2n) is 3.76. The first-order valence-corrected chi connectivity index (χ1v) is 5.30. The van der Waals surface area contributed by atoms with Gasteiger partial charge in [-0.2, -0.15) is 0 Å². The Balaban J connectivity index is 2.24. The maximum Gasteiger partial charge on any atom is 0.0642 e. The lowest BCUT2D eigenvalue weighted by molar-refractivity contribution is 0.122. The Morgan fingerprint density at radius 1 is 1.38 bits per heavy atom. The minimum atomic E-state index is 0.664. The van der Waals surface area contributed by atoms with E-state index in [2.05, 4.69) is 14.9 Å². The van der Waals surface area contributed by atoms with E-state index in [0.29, 0.717) is 5.69 Å². The fourth-order valence-corrected chi connectivity index (χ4v) is 1.91. The number of anilines is 1. The summed E-state index contributed by atoms with van der Waals surface area (Å²) in [5.74, 6) is 0. The third kappa shape index (κ3) is 2.27. The minimum Gasteiger partial charge on any atom is -0.378 e.